The largest absolute Gasteiger partial charge is 0.478 e. The zero-order valence-corrected chi connectivity index (χ0v) is 14.6. The summed E-state index contributed by atoms with van der Waals surface area (Å²) in [5.74, 6) is -0.360. The Balaban J connectivity index is 2.16. The van der Waals surface area contributed by atoms with Gasteiger partial charge < -0.3 is 9.84 Å². The Labute approximate surface area is 158 Å². The zero-order valence-electron chi connectivity index (χ0n) is 13.1. The van der Waals surface area contributed by atoms with Gasteiger partial charge in [0.2, 0.25) is 0 Å². The Bertz CT molecular complexity index is 995. The Morgan fingerprint density at radius 1 is 1.23 bits per heavy atom. The van der Waals surface area contributed by atoms with E-state index in [9.17, 15) is 14.7 Å². The lowest BCUT2D eigenvalue weighted by molar-refractivity contribution is -0.112. The third-order valence-corrected chi connectivity index (χ3v) is 4.15. The highest BCUT2D eigenvalue weighted by Crippen LogP contribution is 2.40. The van der Waals surface area contributed by atoms with Crippen molar-refractivity contribution in [1.29, 1.82) is 5.26 Å². The number of ether oxygens (including phenoxy) is 1. The second-order valence-electron chi connectivity index (χ2n) is 5.27. The van der Waals surface area contributed by atoms with Gasteiger partial charge in [-0.2, -0.15) is 5.26 Å². The Morgan fingerprint density at radius 3 is 2.62 bits per heavy atom. The maximum absolute atomic E-state index is 12.6. The van der Waals surface area contributed by atoms with Gasteiger partial charge >= 0.3 is 6.09 Å². The fourth-order valence-electron chi connectivity index (χ4n) is 2.62. The van der Waals surface area contributed by atoms with Crippen molar-refractivity contribution >= 4 is 52.5 Å². The number of carbonyl (C=O) groups excluding carboxylic acids is 1. The van der Waals surface area contributed by atoms with Crippen molar-refractivity contribution in [3.05, 3.63) is 57.6 Å². The number of nitrogens with zero attached hydrogens (tertiary/aromatic N) is 2. The molecule has 8 heteroatoms. The molecule has 130 valence electrons. The first-order valence-corrected chi connectivity index (χ1v) is 8.06. The second kappa shape index (κ2) is 7.08. The molecule has 2 aromatic carbocycles. The van der Waals surface area contributed by atoms with Crippen LogP contribution in [0.2, 0.25) is 10.0 Å². The van der Waals surface area contributed by atoms with Gasteiger partial charge in [-0.15, -0.1) is 0 Å². The maximum Gasteiger partial charge on any atom is 0.419 e. The number of imide groups is 1. The van der Waals surface area contributed by atoms with E-state index >= 15 is 0 Å². The average Bonchev–Trinajstić information content (AvgIpc) is 2.85. The van der Waals surface area contributed by atoms with Gasteiger partial charge in [-0.3, -0.25) is 4.79 Å². The lowest BCUT2D eigenvalue weighted by Crippen LogP contribution is -2.31. The van der Waals surface area contributed by atoms with Crippen molar-refractivity contribution in [2.75, 3.05) is 11.5 Å². The predicted octanol–water partition coefficient (Wildman–Crippen LogP) is 4.46. The number of hydrogen-bond donors (Lipinski definition) is 1. The summed E-state index contributed by atoms with van der Waals surface area (Å²) in [5, 5.41) is 18.8. The summed E-state index contributed by atoms with van der Waals surface area (Å²) in [4.78, 5) is 24.8. The van der Waals surface area contributed by atoms with Gasteiger partial charge in [0, 0.05) is 21.2 Å². The van der Waals surface area contributed by atoms with Crippen molar-refractivity contribution in [1.82, 2.24) is 0 Å². The Hall–Kier alpha value is -3.01. The Kier molecular flexibility index (Phi) is 4.85. The van der Waals surface area contributed by atoms with Crippen LogP contribution in [0.5, 0.6) is 5.75 Å². The number of carbonyl (C=O) groups is 2. The van der Waals surface area contributed by atoms with Gasteiger partial charge in [0.25, 0.3) is 5.91 Å². The normalized spacial score (nSPS) is 14.3. The minimum atomic E-state index is -1.41. The topological polar surface area (TPSA) is 90.6 Å². The number of fused-ring (bicyclic) bond motifs is 1. The quantitative estimate of drug-likeness (QED) is 0.783. The molecule has 2 amide bonds. The molecule has 0 aromatic heterocycles. The summed E-state index contributed by atoms with van der Waals surface area (Å²) in [7, 11) is 0. The third-order valence-electron chi connectivity index (χ3n) is 3.68. The van der Waals surface area contributed by atoms with Crippen LogP contribution in [0, 0.1) is 11.3 Å². The molecule has 3 rings (SSSR count). The molecule has 1 N–H and O–H groups in total. The molecular weight excluding hydrogens is 379 g/mol. The zero-order chi connectivity index (χ0) is 18.8. The second-order valence-corrected chi connectivity index (χ2v) is 6.14. The van der Waals surface area contributed by atoms with Crippen LogP contribution in [0.4, 0.5) is 10.5 Å². The number of carboxylic acid groups (broad SMARTS) is 1. The van der Waals surface area contributed by atoms with Gasteiger partial charge in [0.05, 0.1) is 11.3 Å². The number of rotatable bonds is 3. The average molecular weight is 389 g/mol. The van der Waals surface area contributed by atoms with Crippen LogP contribution in [0.15, 0.2) is 36.4 Å². The van der Waals surface area contributed by atoms with Gasteiger partial charge in [-0.25, -0.2) is 9.69 Å². The predicted molar refractivity (Wildman–Crippen MR) is 97.4 cm³/mol. The molecular formula is C18H10Cl2N2O4. The van der Waals surface area contributed by atoms with Crippen LogP contribution in [-0.2, 0) is 4.79 Å². The van der Waals surface area contributed by atoms with E-state index in [0.29, 0.717) is 31.8 Å². The lowest BCUT2D eigenvalue weighted by atomic mass is 10.0. The van der Waals surface area contributed by atoms with Crippen LogP contribution in [-0.4, -0.2) is 23.7 Å². The molecule has 6 nitrogen and oxygen atoms in total. The standard InChI is InChI=1S/C18H10Cl2N2O4/c19-11-2-4-16(26-6-5-21)10(7-11)8-14-13-3-1-12(20)9-15(13)22(17(14)23)18(24)25/h1-4,7-9H,6H2,(H,24,25)/b14-8-. The molecule has 0 bridgehead atoms. The van der Waals surface area contributed by atoms with E-state index < -0.39 is 12.0 Å². The van der Waals surface area contributed by atoms with E-state index in [1.54, 1.807) is 30.3 Å². The monoisotopic (exact) mass is 388 g/mol. The van der Waals surface area contributed by atoms with E-state index in [1.807, 2.05) is 6.07 Å². The summed E-state index contributed by atoms with van der Waals surface area (Å²) in [5.41, 5.74) is 1.21. The highest BCUT2D eigenvalue weighted by molar-refractivity contribution is 6.42. The Morgan fingerprint density at radius 2 is 1.92 bits per heavy atom. The number of hydrogen-bond acceptors (Lipinski definition) is 4. The molecule has 1 aliphatic rings. The molecule has 0 radical (unpaired) electrons. The molecule has 0 unspecified atom stereocenters. The van der Waals surface area contributed by atoms with Crippen molar-refractivity contribution in [2.45, 2.75) is 0 Å². The molecule has 2 aromatic rings. The SMILES string of the molecule is N#CCOc1ccc(Cl)cc1/C=C1\C(=O)N(C(=O)O)c2cc(Cl)ccc21. The summed E-state index contributed by atoms with van der Waals surface area (Å²) < 4.78 is 5.34. The van der Waals surface area contributed by atoms with E-state index in [2.05, 4.69) is 0 Å². The third kappa shape index (κ3) is 3.23. The van der Waals surface area contributed by atoms with Crippen LogP contribution >= 0.6 is 23.2 Å². The first-order chi connectivity index (χ1) is 12.4. The van der Waals surface area contributed by atoms with Crippen molar-refractivity contribution in [3.63, 3.8) is 0 Å². The first-order valence-electron chi connectivity index (χ1n) is 7.30. The molecule has 0 aliphatic carbocycles. The number of halogens is 2. The van der Waals surface area contributed by atoms with Gasteiger partial charge in [-0.05, 0) is 36.4 Å². The fraction of sp³-hybridized carbons (Fsp3) is 0.0556. The maximum atomic E-state index is 12.6. The number of nitriles is 1. The van der Waals surface area contributed by atoms with Crippen molar-refractivity contribution < 1.29 is 19.4 Å². The molecule has 26 heavy (non-hydrogen) atoms. The molecule has 0 saturated carbocycles. The van der Waals surface area contributed by atoms with Crippen molar-refractivity contribution in [2.24, 2.45) is 0 Å². The fourth-order valence-corrected chi connectivity index (χ4v) is 2.97. The lowest BCUT2D eigenvalue weighted by Gasteiger charge is -2.10. The summed E-state index contributed by atoms with van der Waals surface area (Å²) in [6.07, 6.45) is 0.0744. The van der Waals surface area contributed by atoms with Crippen molar-refractivity contribution in [3.8, 4) is 11.8 Å². The smallest absolute Gasteiger partial charge is 0.419 e. The summed E-state index contributed by atoms with van der Waals surface area (Å²) in [6.45, 7) is -0.181. The van der Waals surface area contributed by atoms with Gasteiger partial charge in [-0.1, -0.05) is 29.3 Å². The first kappa shape index (κ1) is 17.8. The molecule has 0 spiro atoms. The molecule has 1 aliphatic heterocycles. The number of benzene rings is 2. The molecule has 0 atom stereocenters. The highest BCUT2D eigenvalue weighted by Gasteiger charge is 2.37. The van der Waals surface area contributed by atoms with Crippen LogP contribution < -0.4 is 9.64 Å². The summed E-state index contributed by atoms with van der Waals surface area (Å²) in [6, 6.07) is 11.1. The number of amides is 2. The minimum absolute atomic E-state index is 0.156. The van der Waals surface area contributed by atoms with Crippen LogP contribution in [0.1, 0.15) is 11.1 Å². The van der Waals surface area contributed by atoms with E-state index in [4.69, 9.17) is 33.2 Å². The molecule has 0 fully saturated rings. The number of anilines is 1. The van der Waals surface area contributed by atoms with Crippen LogP contribution in [0.25, 0.3) is 11.6 Å². The van der Waals surface area contributed by atoms with E-state index in [0.717, 1.165) is 0 Å². The van der Waals surface area contributed by atoms with E-state index in [-0.39, 0.29) is 17.9 Å². The van der Waals surface area contributed by atoms with Gasteiger partial charge in [0.1, 0.15) is 11.8 Å². The van der Waals surface area contributed by atoms with E-state index in [1.165, 1.54) is 12.1 Å². The summed E-state index contributed by atoms with van der Waals surface area (Å²) >= 11 is 11.9. The van der Waals surface area contributed by atoms with Gasteiger partial charge in [0.15, 0.2) is 6.61 Å². The molecule has 1 heterocycles. The van der Waals surface area contributed by atoms with Crippen LogP contribution in [0.3, 0.4) is 0 Å². The molecule has 0 saturated heterocycles. The highest BCUT2D eigenvalue weighted by atomic mass is 35.5. The minimum Gasteiger partial charge on any atom is -0.478 e.